The van der Waals surface area contributed by atoms with Crippen molar-refractivity contribution >= 4 is 17.4 Å². The maximum Gasteiger partial charge on any atom is 0.268 e. The zero-order valence-corrected chi connectivity index (χ0v) is 17.7. The van der Waals surface area contributed by atoms with Crippen LogP contribution < -0.4 is 10.9 Å². The van der Waals surface area contributed by atoms with Gasteiger partial charge in [0.1, 0.15) is 11.4 Å². The summed E-state index contributed by atoms with van der Waals surface area (Å²) in [5, 5.41) is 2.62. The summed E-state index contributed by atoms with van der Waals surface area (Å²) in [6.45, 7) is 5.93. The number of nitrogens with zero attached hydrogens (tertiary/aromatic N) is 1. The van der Waals surface area contributed by atoms with Gasteiger partial charge in [-0.1, -0.05) is 31.5 Å². The Labute approximate surface area is 179 Å². The van der Waals surface area contributed by atoms with E-state index in [9.17, 15) is 18.8 Å². The van der Waals surface area contributed by atoms with E-state index >= 15 is 0 Å². The van der Waals surface area contributed by atoms with Gasteiger partial charge in [0.05, 0.1) is 0 Å². The van der Waals surface area contributed by atoms with E-state index in [4.69, 9.17) is 0 Å². The second-order valence-corrected chi connectivity index (χ2v) is 8.80. The molecule has 0 bridgehead atoms. The molecule has 1 aromatic heterocycles. The number of rotatable bonds is 3. The highest BCUT2D eigenvalue weighted by Crippen LogP contribution is 2.35. The Morgan fingerprint density at radius 1 is 1.00 bits per heavy atom. The number of hydrogen-bond donors (Lipinski definition) is 1. The van der Waals surface area contributed by atoms with Crippen LogP contribution >= 0.6 is 0 Å². The molecule has 6 heteroatoms. The van der Waals surface area contributed by atoms with Crippen LogP contribution in [0.25, 0.3) is 5.69 Å². The first kappa shape index (κ1) is 20.7. The molecule has 1 aliphatic carbocycles. The summed E-state index contributed by atoms with van der Waals surface area (Å²) in [6.07, 6.45) is 0.877. The normalized spacial score (nSPS) is 14.8. The van der Waals surface area contributed by atoms with Crippen LogP contribution in [0.5, 0.6) is 0 Å². The molecule has 1 aliphatic rings. The summed E-state index contributed by atoms with van der Waals surface area (Å²) < 4.78 is 14.7. The third-order valence-electron chi connectivity index (χ3n) is 5.53. The molecule has 0 saturated carbocycles. The van der Waals surface area contributed by atoms with Crippen LogP contribution in [0.15, 0.2) is 59.4 Å². The van der Waals surface area contributed by atoms with Crippen LogP contribution in [-0.2, 0) is 6.42 Å². The van der Waals surface area contributed by atoms with Crippen LogP contribution in [-0.4, -0.2) is 16.3 Å². The van der Waals surface area contributed by atoms with Gasteiger partial charge in [-0.25, -0.2) is 4.39 Å². The van der Waals surface area contributed by atoms with Gasteiger partial charge in [-0.15, -0.1) is 0 Å². The standard InChI is InChI=1S/C25H23FN2O3/c1-15-4-10-18(11-5-15)28-21-13-25(2,3)14-22(29)19(21)12-20(24(28)31)23(30)27-17-8-6-16(26)7-9-17/h4-12H,13-14H2,1-3H3,(H,27,30). The van der Waals surface area contributed by atoms with Crippen molar-refractivity contribution in [2.45, 2.75) is 33.6 Å². The number of Topliss-reactive ketones (excluding diaryl/α,β-unsaturated/α-hetero) is 1. The molecule has 1 amide bonds. The number of amides is 1. The molecular weight excluding hydrogens is 395 g/mol. The number of fused-ring (bicyclic) bond motifs is 1. The summed E-state index contributed by atoms with van der Waals surface area (Å²) in [7, 11) is 0. The molecule has 0 unspecified atom stereocenters. The number of benzene rings is 2. The van der Waals surface area contributed by atoms with Gasteiger partial charge in [-0.2, -0.15) is 0 Å². The SMILES string of the molecule is Cc1ccc(-n2c3c(cc(C(=O)Nc4ccc(F)cc4)c2=O)C(=O)CC(C)(C)C3)cc1. The summed E-state index contributed by atoms with van der Waals surface area (Å²) in [4.78, 5) is 39.3. The number of halogens is 1. The fraction of sp³-hybridized carbons (Fsp3) is 0.240. The molecule has 3 aromatic rings. The quantitative estimate of drug-likeness (QED) is 0.671. The topological polar surface area (TPSA) is 68.2 Å². The molecular formula is C25H23FN2O3. The highest BCUT2D eigenvalue weighted by molar-refractivity contribution is 6.07. The zero-order chi connectivity index (χ0) is 22.3. The van der Waals surface area contributed by atoms with Crippen molar-refractivity contribution in [3.63, 3.8) is 0 Å². The predicted octanol–water partition coefficient (Wildman–Crippen LogP) is 4.69. The van der Waals surface area contributed by atoms with Crippen molar-refractivity contribution in [2.24, 2.45) is 5.41 Å². The number of aromatic nitrogens is 1. The van der Waals surface area contributed by atoms with E-state index < -0.39 is 17.3 Å². The molecule has 31 heavy (non-hydrogen) atoms. The van der Waals surface area contributed by atoms with Crippen molar-refractivity contribution in [1.82, 2.24) is 4.57 Å². The number of carbonyl (C=O) groups is 2. The lowest BCUT2D eigenvalue weighted by Crippen LogP contribution is -2.37. The van der Waals surface area contributed by atoms with Crippen LogP contribution in [0, 0.1) is 18.2 Å². The van der Waals surface area contributed by atoms with E-state index in [1.807, 2.05) is 45.0 Å². The van der Waals surface area contributed by atoms with Crippen molar-refractivity contribution in [3.05, 3.63) is 93.2 Å². The van der Waals surface area contributed by atoms with Gasteiger partial charge in [0, 0.05) is 29.1 Å². The number of carbonyl (C=O) groups excluding carboxylic acids is 2. The molecule has 0 spiro atoms. The number of anilines is 1. The Bertz CT molecular complexity index is 1240. The highest BCUT2D eigenvalue weighted by Gasteiger charge is 2.35. The number of hydrogen-bond acceptors (Lipinski definition) is 3. The fourth-order valence-electron chi connectivity index (χ4n) is 3.98. The summed E-state index contributed by atoms with van der Waals surface area (Å²) in [5.74, 6) is -1.16. The van der Waals surface area contributed by atoms with Crippen LogP contribution in [0.2, 0.25) is 0 Å². The molecule has 0 aliphatic heterocycles. The molecule has 0 saturated heterocycles. The zero-order valence-electron chi connectivity index (χ0n) is 17.7. The number of ketones is 1. The van der Waals surface area contributed by atoms with Gasteiger partial charge >= 0.3 is 0 Å². The van der Waals surface area contributed by atoms with E-state index in [2.05, 4.69) is 5.32 Å². The average molecular weight is 418 g/mol. The Hall–Kier alpha value is -3.54. The van der Waals surface area contributed by atoms with Gasteiger partial charge in [-0.05, 0) is 61.2 Å². The molecule has 0 fully saturated rings. The molecule has 0 atom stereocenters. The Kier molecular flexibility index (Phi) is 5.09. The van der Waals surface area contributed by atoms with E-state index in [1.54, 1.807) is 0 Å². The minimum Gasteiger partial charge on any atom is -0.322 e. The van der Waals surface area contributed by atoms with E-state index in [1.165, 1.54) is 34.9 Å². The first-order chi connectivity index (χ1) is 14.6. The number of pyridine rings is 1. The molecule has 1 heterocycles. The van der Waals surface area contributed by atoms with Crippen LogP contribution in [0.4, 0.5) is 10.1 Å². The largest absolute Gasteiger partial charge is 0.322 e. The molecule has 5 nitrogen and oxygen atoms in total. The second kappa shape index (κ2) is 7.61. The summed E-state index contributed by atoms with van der Waals surface area (Å²) in [6, 6.07) is 14.1. The number of aryl methyl sites for hydroxylation is 1. The third kappa shape index (κ3) is 4.06. The maximum atomic E-state index is 13.5. The Morgan fingerprint density at radius 3 is 2.29 bits per heavy atom. The minimum atomic E-state index is -0.641. The maximum absolute atomic E-state index is 13.5. The van der Waals surface area contributed by atoms with Gasteiger partial charge in [-0.3, -0.25) is 19.0 Å². The van der Waals surface area contributed by atoms with E-state index in [-0.39, 0.29) is 16.8 Å². The molecule has 2 aromatic carbocycles. The van der Waals surface area contributed by atoms with Crippen LogP contribution in [0.1, 0.15) is 52.2 Å². The van der Waals surface area contributed by atoms with Gasteiger partial charge in [0.25, 0.3) is 11.5 Å². The highest BCUT2D eigenvalue weighted by atomic mass is 19.1. The lowest BCUT2D eigenvalue weighted by molar-refractivity contribution is 0.0909. The monoisotopic (exact) mass is 418 g/mol. The molecule has 4 rings (SSSR count). The third-order valence-corrected chi connectivity index (χ3v) is 5.53. The Morgan fingerprint density at radius 2 is 1.65 bits per heavy atom. The van der Waals surface area contributed by atoms with Gasteiger partial charge in [0.2, 0.25) is 0 Å². The van der Waals surface area contributed by atoms with Crippen molar-refractivity contribution in [1.29, 1.82) is 0 Å². The van der Waals surface area contributed by atoms with Crippen molar-refractivity contribution in [2.75, 3.05) is 5.32 Å². The second-order valence-electron chi connectivity index (χ2n) is 8.80. The molecule has 0 radical (unpaired) electrons. The smallest absolute Gasteiger partial charge is 0.268 e. The van der Waals surface area contributed by atoms with Crippen LogP contribution in [0.3, 0.4) is 0 Å². The lowest BCUT2D eigenvalue weighted by atomic mass is 9.75. The van der Waals surface area contributed by atoms with Gasteiger partial charge in [0.15, 0.2) is 5.78 Å². The van der Waals surface area contributed by atoms with E-state index in [0.717, 1.165) is 5.56 Å². The minimum absolute atomic E-state index is 0.0945. The number of nitrogens with one attached hydrogen (secondary N) is 1. The van der Waals surface area contributed by atoms with Crippen molar-refractivity contribution in [3.8, 4) is 5.69 Å². The fourth-order valence-corrected chi connectivity index (χ4v) is 3.98. The molecule has 158 valence electrons. The average Bonchev–Trinajstić information content (AvgIpc) is 2.69. The first-order valence-electron chi connectivity index (χ1n) is 10.1. The van der Waals surface area contributed by atoms with Crippen molar-refractivity contribution < 1.29 is 14.0 Å². The lowest BCUT2D eigenvalue weighted by Gasteiger charge is -2.32. The summed E-state index contributed by atoms with van der Waals surface area (Å²) in [5.41, 5.74) is 2.10. The summed E-state index contributed by atoms with van der Waals surface area (Å²) >= 11 is 0. The molecule has 1 N–H and O–H groups in total. The predicted molar refractivity (Wildman–Crippen MR) is 118 cm³/mol. The van der Waals surface area contributed by atoms with Gasteiger partial charge < -0.3 is 5.32 Å². The Balaban J connectivity index is 1.88. The first-order valence-corrected chi connectivity index (χ1v) is 10.1. The van der Waals surface area contributed by atoms with E-state index in [0.29, 0.717) is 35.5 Å².